The third-order valence-corrected chi connectivity index (χ3v) is 6.64. The molecule has 0 aliphatic heterocycles. The van der Waals surface area contributed by atoms with Crippen LogP contribution in [0.5, 0.6) is 0 Å². The van der Waals surface area contributed by atoms with Gasteiger partial charge < -0.3 is 10.0 Å². The molecule has 3 aromatic rings. The monoisotopic (exact) mass is 400 g/mol. The Morgan fingerprint density at radius 2 is 1.71 bits per heavy atom. The highest BCUT2D eigenvalue weighted by molar-refractivity contribution is 7.90. The van der Waals surface area contributed by atoms with Crippen molar-refractivity contribution in [2.45, 2.75) is 31.7 Å². The van der Waals surface area contributed by atoms with Crippen LogP contribution in [-0.2, 0) is 14.8 Å². The molecule has 0 fully saturated rings. The second-order valence-corrected chi connectivity index (χ2v) is 9.09. The molecule has 0 saturated heterocycles. The standard InChI is InChI=1S/C21H24N2O4S/c1-14(2)20(21(24)25)22(4)18-6-5-7-19-17(18)12-13-23(19)28(26,27)16-10-8-15(3)9-11-16/h5-14,20H,1-4H3,(H,24,25)/t20-/m0/s1. The van der Waals surface area contributed by atoms with Crippen LogP contribution >= 0.6 is 0 Å². The van der Waals surface area contributed by atoms with E-state index in [9.17, 15) is 18.3 Å². The number of anilines is 1. The van der Waals surface area contributed by atoms with Gasteiger partial charge in [-0.15, -0.1) is 0 Å². The van der Waals surface area contributed by atoms with Gasteiger partial charge in [0.25, 0.3) is 10.0 Å². The van der Waals surface area contributed by atoms with Gasteiger partial charge in [0, 0.05) is 24.3 Å². The van der Waals surface area contributed by atoms with E-state index in [1.165, 1.54) is 10.2 Å². The van der Waals surface area contributed by atoms with Crippen molar-refractivity contribution in [3.63, 3.8) is 0 Å². The molecule has 3 rings (SSSR count). The topological polar surface area (TPSA) is 79.6 Å². The average Bonchev–Trinajstić information content (AvgIpc) is 3.06. The Kier molecular flexibility index (Phi) is 5.21. The molecule has 0 saturated carbocycles. The van der Waals surface area contributed by atoms with Gasteiger partial charge in [-0.2, -0.15) is 0 Å². The normalized spacial score (nSPS) is 13.0. The van der Waals surface area contributed by atoms with Crippen LogP contribution in [0.2, 0.25) is 0 Å². The SMILES string of the molecule is Cc1ccc(S(=O)(=O)n2ccc3c(N(C)[C@H](C(=O)O)C(C)C)cccc32)cc1. The van der Waals surface area contributed by atoms with Gasteiger partial charge in [0.15, 0.2) is 0 Å². The lowest BCUT2D eigenvalue weighted by atomic mass is 10.0. The summed E-state index contributed by atoms with van der Waals surface area (Å²) in [4.78, 5) is 13.6. The molecule has 0 aliphatic rings. The van der Waals surface area contributed by atoms with Gasteiger partial charge in [-0.25, -0.2) is 17.2 Å². The smallest absolute Gasteiger partial charge is 0.326 e. The molecule has 148 valence electrons. The van der Waals surface area contributed by atoms with Crippen molar-refractivity contribution in [1.29, 1.82) is 0 Å². The summed E-state index contributed by atoms with van der Waals surface area (Å²) in [5.41, 5.74) is 2.17. The fourth-order valence-corrected chi connectivity index (χ4v) is 4.86. The molecule has 0 amide bonds. The van der Waals surface area contributed by atoms with Crippen molar-refractivity contribution in [1.82, 2.24) is 3.97 Å². The molecule has 7 heteroatoms. The number of carboxylic acid groups (broad SMARTS) is 1. The first-order chi connectivity index (χ1) is 13.1. The summed E-state index contributed by atoms with van der Waals surface area (Å²) in [5, 5.41) is 10.3. The summed E-state index contributed by atoms with van der Waals surface area (Å²) < 4.78 is 27.5. The second-order valence-electron chi connectivity index (χ2n) is 7.28. The average molecular weight is 401 g/mol. The summed E-state index contributed by atoms with van der Waals surface area (Å²) in [6, 6.07) is 13.0. The number of carbonyl (C=O) groups is 1. The van der Waals surface area contributed by atoms with Crippen molar-refractivity contribution in [3.05, 3.63) is 60.3 Å². The molecule has 0 spiro atoms. The summed E-state index contributed by atoms with van der Waals surface area (Å²) >= 11 is 0. The number of likely N-dealkylation sites (N-methyl/N-ethyl adjacent to an activating group) is 1. The van der Waals surface area contributed by atoms with E-state index in [-0.39, 0.29) is 10.8 Å². The zero-order chi connectivity index (χ0) is 20.6. The maximum absolute atomic E-state index is 13.1. The molecule has 6 nitrogen and oxygen atoms in total. The van der Waals surface area contributed by atoms with E-state index in [1.54, 1.807) is 54.4 Å². The van der Waals surface area contributed by atoms with Crippen LogP contribution in [0.3, 0.4) is 0 Å². The number of carboxylic acids is 1. The third kappa shape index (κ3) is 3.38. The summed E-state index contributed by atoms with van der Waals surface area (Å²) in [6.07, 6.45) is 1.52. The lowest BCUT2D eigenvalue weighted by molar-refractivity contribution is -0.139. The summed E-state index contributed by atoms with van der Waals surface area (Å²) in [5.74, 6) is -1.03. The highest BCUT2D eigenvalue weighted by atomic mass is 32.2. The number of aliphatic carboxylic acids is 1. The Hall–Kier alpha value is -2.80. The maximum atomic E-state index is 13.1. The van der Waals surface area contributed by atoms with Gasteiger partial charge in [-0.05, 0) is 43.2 Å². The van der Waals surface area contributed by atoms with E-state index < -0.39 is 22.0 Å². The Morgan fingerprint density at radius 3 is 2.29 bits per heavy atom. The van der Waals surface area contributed by atoms with Gasteiger partial charge in [0.2, 0.25) is 0 Å². The van der Waals surface area contributed by atoms with E-state index in [2.05, 4.69) is 0 Å². The van der Waals surface area contributed by atoms with Crippen molar-refractivity contribution in [3.8, 4) is 0 Å². The Bertz CT molecular complexity index is 1120. The molecular weight excluding hydrogens is 376 g/mol. The lowest BCUT2D eigenvalue weighted by Crippen LogP contribution is -2.42. The Labute approximate surface area is 165 Å². The van der Waals surface area contributed by atoms with Crippen molar-refractivity contribution >= 4 is 32.6 Å². The van der Waals surface area contributed by atoms with Gasteiger partial charge in [-0.1, -0.05) is 37.6 Å². The highest BCUT2D eigenvalue weighted by Gasteiger charge is 2.28. The molecule has 1 heterocycles. The van der Waals surface area contributed by atoms with Crippen molar-refractivity contribution < 1.29 is 18.3 Å². The van der Waals surface area contributed by atoms with Crippen LogP contribution < -0.4 is 4.90 Å². The number of hydrogen-bond donors (Lipinski definition) is 1. The minimum Gasteiger partial charge on any atom is -0.480 e. The quantitative estimate of drug-likeness (QED) is 0.682. The van der Waals surface area contributed by atoms with Gasteiger partial charge >= 0.3 is 5.97 Å². The number of nitrogens with zero attached hydrogens (tertiary/aromatic N) is 2. The van der Waals surface area contributed by atoms with Crippen LogP contribution in [0.4, 0.5) is 5.69 Å². The predicted molar refractivity (Wildman–Crippen MR) is 110 cm³/mol. The molecule has 1 aromatic heterocycles. The molecule has 0 aliphatic carbocycles. The van der Waals surface area contributed by atoms with E-state index in [4.69, 9.17) is 0 Å². The minimum absolute atomic E-state index is 0.115. The number of aryl methyl sites for hydroxylation is 1. The first-order valence-corrected chi connectivity index (χ1v) is 10.5. The first kappa shape index (κ1) is 19.9. The predicted octanol–water partition coefficient (Wildman–Crippen LogP) is 3.73. The van der Waals surface area contributed by atoms with E-state index in [0.29, 0.717) is 16.6 Å². The zero-order valence-corrected chi connectivity index (χ0v) is 17.1. The van der Waals surface area contributed by atoms with E-state index in [0.717, 1.165) is 5.56 Å². The zero-order valence-electron chi connectivity index (χ0n) is 16.3. The molecule has 2 aromatic carbocycles. The summed E-state index contributed by atoms with van der Waals surface area (Å²) in [6.45, 7) is 5.60. The second kappa shape index (κ2) is 7.31. The first-order valence-electron chi connectivity index (χ1n) is 9.02. The number of benzene rings is 2. The molecule has 0 radical (unpaired) electrons. The Morgan fingerprint density at radius 1 is 1.07 bits per heavy atom. The number of rotatable bonds is 6. The number of fused-ring (bicyclic) bond motifs is 1. The maximum Gasteiger partial charge on any atom is 0.326 e. The molecular formula is C21H24N2O4S. The van der Waals surface area contributed by atoms with Crippen LogP contribution in [-0.4, -0.2) is 36.6 Å². The largest absolute Gasteiger partial charge is 0.480 e. The Balaban J connectivity index is 2.14. The molecule has 0 unspecified atom stereocenters. The van der Waals surface area contributed by atoms with Gasteiger partial charge in [-0.3, -0.25) is 0 Å². The van der Waals surface area contributed by atoms with Crippen LogP contribution in [0, 0.1) is 12.8 Å². The van der Waals surface area contributed by atoms with Gasteiger partial charge in [0.1, 0.15) is 6.04 Å². The number of aromatic nitrogens is 1. The minimum atomic E-state index is -3.75. The lowest BCUT2D eigenvalue weighted by Gasteiger charge is -2.30. The highest BCUT2D eigenvalue weighted by Crippen LogP contribution is 2.31. The fourth-order valence-electron chi connectivity index (χ4n) is 3.52. The van der Waals surface area contributed by atoms with E-state index in [1.807, 2.05) is 26.8 Å². The number of hydrogen-bond acceptors (Lipinski definition) is 4. The van der Waals surface area contributed by atoms with Crippen LogP contribution in [0.25, 0.3) is 10.9 Å². The van der Waals surface area contributed by atoms with Crippen LogP contribution in [0.1, 0.15) is 19.4 Å². The molecule has 1 N–H and O–H groups in total. The van der Waals surface area contributed by atoms with Gasteiger partial charge in [0.05, 0.1) is 10.4 Å². The van der Waals surface area contributed by atoms with Crippen LogP contribution in [0.15, 0.2) is 59.6 Å². The fraction of sp³-hybridized carbons (Fsp3) is 0.286. The van der Waals surface area contributed by atoms with Crippen molar-refractivity contribution in [2.75, 3.05) is 11.9 Å². The molecule has 1 atom stereocenters. The summed E-state index contributed by atoms with van der Waals surface area (Å²) in [7, 11) is -2.03. The van der Waals surface area contributed by atoms with E-state index >= 15 is 0 Å². The van der Waals surface area contributed by atoms with Crippen molar-refractivity contribution in [2.24, 2.45) is 5.92 Å². The molecule has 28 heavy (non-hydrogen) atoms. The third-order valence-electron chi connectivity index (χ3n) is 4.93. The molecule has 0 bridgehead atoms.